The second kappa shape index (κ2) is 6.38. The average Bonchev–Trinajstić information content (AvgIpc) is 2.48. The molecule has 1 heterocycles. The lowest BCUT2D eigenvalue weighted by molar-refractivity contribution is 0.0534. The van der Waals surface area contributed by atoms with Crippen LogP contribution in [0, 0.1) is 0 Å². The molecule has 1 fully saturated rings. The fraction of sp³-hybridized carbons (Fsp3) is 0.400. The molecule has 102 valence electrons. The Bertz CT molecular complexity index is 459. The van der Waals surface area contributed by atoms with Crippen molar-refractivity contribution in [2.75, 3.05) is 33.4 Å². The maximum Gasteiger partial charge on any atom is 0.187 e. The molecule has 2 rings (SSSR count). The SMILES string of the molecule is COc1ccc(C(=O)/C=C(/C)N2CCOCC2)cc1. The van der Waals surface area contributed by atoms with Crippen molar-refractivity contribution in [2.24, 2.45) is 0 Å². The number of morpholine rings is 1. The summed E-state index contributed by atoms with van der Waals surface area (Å²) < 4.78 is 10.4. The molecule has 1 aromatic carbocycles. The minimum absolute atomic E-state index is 0.0200. The summed E-state index contributed by atoms with van der Waals surface area (Å²) in [6.07, 6.45) is 1.69. The Morgan fingerprint density at radius 2 is 1.89 bits per heavy atom. The highest BCUT2D eigenvalue weighted by atomic mass is 16.5. The third-order valence-electron chi connectivity index (χ3n) is 3.22. The number of ether oxygens (including phenoxy) is 2. The van der Waals surface area contributed by atoms with E-state index >= 15 is 0 Å². The van der Waals surface area contributed by atoms with Crippen LogP contribution in [0.4, 0.5) is 0 Å². The van der Waals surface area contributed by atoms with Gasteiger partial charge in [-0.1, -0.05) is 0 Å². The van der Waals surface area contributed by atoms with Crippen molar-refractivity contribution in [3.05, 3.63) is 41.6 Å². The van der Waals surface area contributed by atoms with Gasteiger partial charge < -0.3 is 14.4 Å². The number of hydrogen-bond acceptors (Lipinski definition) is 4. The lowest BCUT2D eigenvalue weighted by atomic mass is 10.1. The van der Waals surface area contributed by atoms with Gasteiger partial charge in [0.25, 0.3) is 0 Å². The minimum atomic E-state index is 0.0200. The van der Waals surface area contributed by atoms with Gasteiger partial charge in [0.15, 0.2) is 5.78 Å². The summed E-state index contributed by atoms with van der Waals surface area (Å²) in [6.45, 7) is 5.10. The van der Waals surface area contributed by atoms with Crippen LogP contribution < -0.4 is 4.74 Å². The predicted molar refractivity (Wildman–Crippen MR) is 73.5 cm³/mol. The van der Waals surface area contributed by atoms with E-state index in [1.807, 2.05) is 6.92 Å². The van der Waals surface area contributed by atoms with Gasteiger partial charge in [0.2, 0.25) is 0 Å². The third kappa shape index (κ3) is 3.58. The van der Waals surface area contributed by atoms with Crippen LogP contribution in [0.2, 0.25) is 0 Å². The topological polar surface area (TPSA) is 38.8 Å². The molecule has 1 aromatic rings. The van der Waals surface area contributed by atoms with E-state index in [1.54, 1.807) is 37.5 Å². The number of carbonyl (C=O) groups excluding carboxylic acids is 1. The number of methoxy groups -OCH3 is 1. The maximum absolute atomic E-state index is 12.1. The summed E-state index contributed by atoms with van der Waals surface area (Å²) in [6, 6.07) is 7.16. The lowest BCUT2D eigenvalue weighted by Gasteiger charge is -2.29. The molecule has 0 aliphatic carbocycles. The van der Waals surface area contributed by atoms with Gasteiger partial charge in [-0.2, -0.15) is 0 Å². The first kappa shape index (κ1) is 13.6. The van der Waals surface area contributed by atoms with E-state index in [4.69, 9.17) is 9.47 Å². The van der Waals surface area contributed by atoms with Crippen LogP contribution in [0.25, 0.3) is 0 Å². The van der Waals surface area contributed by atoms with Gasteiger partial charge in [-0.25, -0.2) is 0 Å². The number of ketones is 1. The molecule has 0 atom stereocenters. The van der Waals surface area contributed by atoms with Crippen molar-refractivity contribution in [2.45, 2.75) is 6.92 Å². The highest BCUT2D eigenvalue weighted by molar-refractivity contribution is 6.04. The van der Waals surface area contributed by atoms with E-state index < -0.39 is 0 Å². The maximum atomic E-state index is 12.1. The van der Waals surface area contributed by atoms with Crippen molar-refractivity contribution in [3.8, 4) is 5.75 Å². The quantitative estimate of drug-likeness (QED) is 0.614. The zero-order valence-electron chi connectivity index (χ0n) is 11.4. The van der Waals surface area contributed by atoms with Crippen molar-refractivity contribution >= 4 is 5.78 Å². The largest absolute Gasteiger partial charge is 0.497 e. The Hall–Kier alpha value is -1.81. The number of carbonyl (C=O) groups is 1. The van der Waals surface area contributed by atoms with Gasteiger partial charge in [0.1, 0.15) is 5.75 Å². The molecule has 1 aliphatic rings. The second-order valence-electron chi connectivity index (χ2n) is 4.48. The third-order valence-corrected chi connectivity index (χ3v) is 3.22. The van der Waals surface area contributed by atoms with Crippen molar-refractivity contribution in [1.82, 2.24) is 4.90 Å². The van der Waals surface area contributed by atoms with Crippen LogP contribution in [0.15, 0.2) is 36.0 Å². The Morgan fingerprint density at radius 1 is 1.26 bits per heavy atom. The summed E-state index contributed by atoms with van der Waals surface area (Å²) in [4.78, 5) is 14.3. The number of benzene rings is 1. The molecule has 0 bridgehead atoms. The molecule has 0 N–H and O–H groups in total. The monoisotopic (exact) mass is 261 g/mol. The summed E-state index contributed by atoms with van der Waals surface area (Å²) in [5.41, 5.74) is 1.66. The Kier molecular flexibility index (Phi) is 4.58. The summed E-state index contributed by atoms with van der Waals surface area (Å²) in [5, 5.41) is 0. The molecule has 0 unspecified atom stereocenters. The molecule has 0 amide bonds. The summed E-state index contributed by atoms with van der Waals surface area (Å²) >= 11 is 0. The fourth-order valence-corrected chi connectivity index (χ4v) is 2.04. The van der Waals surface area contributed by atoms with E-state index in [0.29, 0.717) is 5.56 Å². The van der Waals surface area contributed by atoms with Gasteiger partial charge in [-0.15, -0.1) is 0 Å². The molecule has 19 heavy (non-hydrogen) atoms. The molecule has 0 radical (unpaired) electrons. The van der Waals surface area contributed by atoms with Crippen molar-refractivity contribution in [3.63, 3.8) is 0 Å². The number of rotatable bonds is 4. The number of nitrogens with zero attached hydrogens (tertiary/aromatic N) is 1. The first-order chi connectivity index (χ1) is 9.20. The summed E-state index contributed by atoms with van der Waals surface area (Å²) in [5.74, 6) is 0.775. The molecule has 4 nitrogen and oxygen atoms in total. The molecule has 0 spiro atoms. The van der Waals surface area contributed by atoms with Gasteiger partial charge >= 0.3 is 0 Å². The van der Waals surface area contributed by atoms with Crippen LogP contribution >= 0.6 is 0 Å². The Balaban J connectivity index is 2.05. The van der Waals surface area contributed by atoms with Crippen molar-refractivity contribution < 1.29 is 14.3 Å². The van der Waals surface area contributed by atoms with E-state index in [2.05, 4.69) is 4.90 Å². The first-order valence-electron chi connectivity index (χ1n) is 6.40. The highest BCUT2D eigenvalue weighted by Gasteiger charge is 2.12. The Morgan fingerprint density at radius 3 is 2.47 bits per heavy atom. The molecule has 1 saturated heterocycles. The van der Waals surface area contributed by atoms with Crippen LogP contribution in [-0.2, 0) is 4.74 Å². The molecular formula is C15H19NO3. The smallest absolute Gasteiger partial charge is 0.187 e. The zero-order chi connectivity index (χ0) is 13.7. The van der Waals surface area contributed by atoms with E-state index in [0.717, 1.165) is 37.7 Å². The van der Waals surface area contributed by atoms with Crippen LogP contribution in [-0.4, -0.2) is 44.1 Å². The van der Waals surface area contributed by atoms with Crippen LogP contribution in [0.1, 0.15) is 17.3 Å². The van der Waals surface area contributed by atoms with E-state index in [9.17, 15) is 4.79 Å². The zero-order valence-corrected chi connectivity index (χ0v) is 11.4. The van der Waals surface area contributed by atoms with Gasteiger partial charge in [-0.3, -0.25) is 4.79 Å². The Labute approximate surface area is 113 Å². The van der Waals surface area contributed by atoms with Gasteiger partial charge in [0, 0.05) is 30.4 Å². The first-order valence-corrected chi connectivity index (χ1v) is 6.40. The van der Waals surface area contributed by atoms with Gasteiger partial charge in [0.05, 0.1) is 20.3 Å². The molecule has 1 aliphatic heterocycles. The normalized spacial score (nSPS) is 16.3. The fourth-order valence-electron chi connectivity index (χ4n) is 2.04. The van der Waals surface area contributed by atoms with Crippen LogP contribution in [0.5, 0.6) is 5.75 Å². The van der Waals surface area contributed by atoms with Crippen LogP contribution in [0.3, 0.4) is 0 Å². The van der Waals surface area contributed by atoms with E-state index in [1.165, 1.54) is 0 Å². The summed E-state index contributed by atoms with van der Waals surface area (Å²) in [7, 11) is 1.61. The lowest BCUT2D eigenvalue weighted by Crippen LogP contribution is -2.35. The molecule has 0 saturated carbocycles. The number of hydrogen-bond donors (Lipinski definition) is 0. The standard InChI is InChI=1S/C15H19NO3/c1-12(16-7-9-19-10-8-16)11-15(17)13-3-5-14(18-2)6-4-13/h3-6,11H,7-10H2,1-2H3/b12-11-. The average molecular weight is 261 g/mol. The van der Waals surface area contributed by atoms with Gasteiger partial charge in [-0.05, 0) is 31.2 Å². The molecular weight excluding hydrogens is 242 g/mol. The van der Waals surface area contributed by atoms with E-state index in [-0.39, 0.29) is 5.78 Å². The highest BCUT2D eigenvalue weighted by Crippen LogP contribution is 2.14. The minimum Gasteiger partial charge on any atom is -0.497 e. The predicted octanol–water partition coefficient (Wildman–Crippen LogP) is 2.11. The molecule has 4 heteroatoms. The van der Waals surface area contributed by atoms with Crippen molar-refractivity contribution in [1.29, 1.82) is 0 Å². The second-order valence-corrected chi connectivity index (χ2v) is 4.48. The number of allylic oxidation sites excluding steroid dienone is 2. The molecule has 0 aromatic heterocycles.